The van der Waals surface area contributed by atoms with Crippen LogP contribution in [0.1, 0.15) is 76.5 Å². The summed E-state index contributed by atoms with van der Waals surface area (Å²) < 4.78 is 0. The second-order valence-electron chi connectivity index (χ2n) is 16.3. The van der Waals surface area contributed by atoms with Crippen LogP contribution in [0.4, 0.5) is 0 Å². The number of nitrogens with two attached hydrogens (primary N) is 4. The zero-order chi connectivity index (χ0) is 46.9. The van der Waals surface area contributed by atoms with E-state index in [1.54, 1.807) is 30.3 Å². The highest BCUT2D eigenvalue weighted by molar-refractivity contribution is 5.99. The van der Waals surface area contributed by atoms with E-state index in [0.717, 1.165) is 0 Å². The summed E-state index contributed by atoms with van der Waals surface area (Å²) in [7, 11) is 0. The van der Waals surface area contributed by atoms with E-state index in [-0.39, 0.29) is 88.2 Å². The molecule has 7 atom stereocenters. The molecule has 65 heavy (non-hydrogen) atoms. The third-order valence-electron chi connectivity index (χ3n) is 10.6. The molecule has 0 aliphatic carbocycles. The van der Waals surface area contributed by atoms with E-state index in [0.29, 0.717) is 24.1 Å². The van der Waals surface area contributed by atoms with Crippen LogP contribution >= 0.6 is 12.4 Å². The predicted molar refractivity (Wildman–Crippen MR) is 238 cm³/mol. The number of imidazole rings is 1. The molecule has 356 valence electrons. The van der Waals surface area contributed by atoms with Gasteiger partial charge in [-0.05, 0) is 50.0 Å². The Labute approximate surface area is 382 Å². The third-order valence-corrected chi connectivity index (χ3v) is 10.6. The Hall–Kier alpha value is -6.78. The molecule has 0 saturated carbocycles. The van der Waals surface area contributed by atoms with Crippen molar-refractivity contribution in [1.82, 2.24) is 46.8 Å². The van der Waals surface area contributed by atoms with Crippen LogP contribution in [-0.4, -0.2) is 129 Å². The maximum atomic E-state index is 14.3. The molecule has 0 spiro atoms. The number of rotatable bonds is 24. The Kier molecular flexibility index (Phi) is 20.6. The Balaban J connectivity index is 0.0000112. The van der Waals surface area contributed by atoms with Crippen LogP contribution in [0.5, 0.6) is 0 Å². The molecule has 2 aliphatic heterocycles. The summed E-state index contributed by atoms with van der Waals surface area (Å²) in [6, 6.07) is 0.143. The Morgan fingerprint density at radius 1 is 0.815 bits per heavy atom. The lowest BCUT2D eigenvalue weighted by Gasteiger charge is -2.30. The standard InChI is InChI=1S/C41H60N14O9.ClH/c1-22(2)16-27(36(60)50-26(10-6-14-47-41(44)45)40(64)55-15-7-11-31(55)34(43)58)51-38(62)29(18-24-20-46-21-48-24)53-37(61)28(17-23-8-4-3-5-9-23)52-39(63)30(19-32(42)56)54-35(59)25-12-13-33(57)49-25;/h3-5,8-9,20-22,25-31H,6-7,10-19H2,1-2H3,(H2,42,56)(H2,43,58)(H,46,48)(H,49,57)(H,50,60)(H,51,62)(H,52,63)(H,53,61)(H,54,59)(H4,44,45,47);1H. The smallest absolute Gasteiger partial charge is 0.245 e. The maximum absolute atomic E-state index is 14.3. The number of primary amides is 2. The molecular formula is C41H61ClN14O9. The van der Waals surface area contributed by atoms with Gasteiger partial charge in [0.2, 0.25) is 53.2 Å². The number of hydrogen-bond donors (Lipinski definition) is 11. The Morgan fingerprint density at radius 2 is 1.43 bits per heavy atom. The highest BCUT2D eigenvalue weighted by Crippen LogP contribution is 2.20. The summed E-state index contributed by atoms with van der Waals surface area (Å²) in [5, 5.41) is 15.7. The first kappa shape index (κ1) is 52.6. The van der Waals surface area contributed by atoms with E-state index in [1.165, 1.54) is 17.4 Å². The van der Waals surface area contributed by atoms with Crippen LogP contribution < -0.4 is 54.8 Å². The minimum atomic E-state index is -1.53. The normalized spacial score (nSPS) is 17.8. The van der Waals surface area contributed by atoms with Crippen molar-refractivity contribution in [1.29, 1.82) is 0 Å². The number of nitrogens with zero attached hydrogens (tertiary/aromatic N) is 3. The van der Waals surface area contributed by atoms with Crippen molar-refractivity contribution in [2.75, 3.05) is 13.1 Å². The number of guanidine groups is 1. The molecule has 3 heterocycles. The molecule has 0 bridgehead atoms. The van der Waals surface area contributed by atoms with E-state index < -0.39 is 96.0 Å². The number of carbonyl (C=O) groups is 9. The van der Waals surface area contributed by atoms with Gasteiger partial charge in [-0.25, -0.2) is 4.98 Å². The monoisotopic (exact) mass is 928 g/mol. The van der Waals surface area contributed by atoms with E-state index in [4.69, 9.17) is 22.9 Å². The van der Waals surface area contributed by atoms with Crippen molar-refractivity contribution < 1.29 is 43.2 Å². The predicted octanol–water partition coefficient (Wildman–Crippen LogP) is -3.23. The molecule has 1 aromatic heterocycles. The minimum Gasteiger partial charge on any atom is -0.370 e. The van der Waals surface area contributed by atoms with E-state index >= 15 is 0 Å². The molecule has 2 aromatic rings. The fourth-order valence-electron chi connectivity index (χ4n) is 7.46. The molecule has 2 fully saturated rings. The van der Waals surface area contributed by atoms with Crippen LogP contribution in [0.3, 0.4) is 0 Å². The van der Waals surface area contributed by atoms with Gasteiger partial charge in [0.25, 0.3) is 0 Å². The van der Waals surface area contributed by atoms with Crippen LogP contribution in [0.2, 0.25) is 0 Å². The first-order chi connectivity index (χ1) is 30.4. The summed E-state index contributed by atoms with van der Waals surface area (Å²) in [4.78, 5) is 132. The van der Waals surface area contributed by atoms with Gasteiger partial charge in [0.15, 0.2) is 5.96 Å². The average Bonchev–Trinajstić information content (AvgIpc) is 4.04. The van der Waals surface area contributed by atoms with Crippen molar-refractivity contribution in [2.24, 2.45) is 33.8 Å². The molecule has 2 saturated heterocycles. The van der Waals surface area contributed by atoms with E-state index in [1.807, 2.05) is 13.8 Å². The fourth-order valence-corrected chi connectivity index (χ4v) is 7.46. The number of aromatic nitrogens is 2. The number of carbonyl (C=O) groups excluding carboxylic acids is 9. The molecule has 15 N–H and O–H groups in total. The van der Waals surface area contributed by atoms with Gasteiger partial charge in [-0.2, -0.15) is 0 Å². The third kappa shape index (κ3) is 16.7. The number of halogens is 1. The number of amides is 9. The largest absolute Gasteiger partial charge is 0.370 e. The molecule has 2 aliphatic rings. The number of H-pyrrole nitrogens is 1. The number of benzene rings is 1. The summed E-state index contributed by atoms with van der Waals surface area (Å²) in [6.45, 7) is 4.05. The van der Waals surface area contributed by atoms with Crippen molar-refractivity contribution in [2.45, 2.75) is 120 Å². The summed E-state index contributed by atoms with van der Waals surface area (Å²) >= 11 is 0. The van der Waals surface area contributed by atoms with Gasteiger partial charge < -0.3 is 64.7 Å². The molecule has 1 aromatic carbocycles. The van der Waals surface area contributed by atoms with Crippen LogP contribution in [0, 0.1) is 5.92 Å². The lowest BCUT2D eigenvalue weighted by atomic mass is 10.0. The van der Waals surface area contributed by atoms with Gasteiger partial charge in [0, 0.05) is 44.2 Å². The lowest BCUT2D eigenvalue weighted by Crippen LogP contribution is -2.60. The van der Waals surface area contributed by atoms with Gasteiger partial charge in [-0.1, -0.05) is 44.2 Å². The first-order valence-corrected chi connectivity index (χ1v) is 21.2. The molecule has 7 unspecified atom stereocenters. The molecular weight excluding hydrogens is 868 g/mol. The summed E-state index contributed by atoms with van der Waals surface area (Å²) in [5.41, 5.74) is 23.0. The summed E-state index contributed by atoms with van der Waals surface area (Å²) in [5.74, 6) is -6.81. The van der Waals surface area contributed by atoms with Crippen LogP contribution in [0.15, 0.2) is 47.8 Å². The number of aromatic amines is 1. The lowest BCUT2D eigenvalue weighted by molar-refractivity contribution is -0.141. The highest BCUT2D eigenvalue weighted by atomic mass is 35.5. The van der Waals surface area contributed by atoms with Gasteiger partial charge in [-0.15, -0.1) is 12.4 Å². The van der Waals surface area contributed by atoms with Crippen molar-refractivity contribution in [3.8, 4) is 0 Å². The number of likely N-dealkylation sites (tertiary alicyclic amines) is 1. The molecule has 9 amide bonds. The highest BCUT2D eigenvalue weighted by Gasteiger charge is 2.39. The van der Waals surface area contributed by atoms with Gasteiger partial charge in [-0.3, -0.25) is 48.1 Å². The fraction of sp³-hybridized carbons (Fsp3) is 0.537. The van der Waals surface area contributed by atoms with Gasteiger partial charge in [0.1, 0.15) is 42.3 Å². The topological polar surface area (TPSA) is 374 Å². The first-order valence-electron chi connectivity index (χ1n) is 21.2. The number of aliphatic imine (C=N–C) groups is 1. The summed E-state index contributed by atoms with van der Waals surface area (Å²) in [6.07, 6.45) is 3.56. The molecule has 24 heteroatoms. The average molecular weight is 929 g/mol. The van der Waals surface area contributed by atoms with Crippen molar-refractivity contribution in [3.63, 3.8) is 0 Å². The van der Waals surface area contributed by atoms with Crippen molar-refractivity contribution >= 4 is 71.5 Å². The second-order valence-corrected chi connectivity index (χ2v) is 16.3. The zero-order valence-electron chi connectivity index (χ0n) is 36.4. The van der Waals surface area contributed by atoms with Crippen LogP contribution in [-0.2, 0) is 56.0 Å². The minimum absolute atomic E-state index is 0. The van der Waals surface area contributed by atoms with Gasteiger partial charge >= 0.3 is 0 Å². The number of nitrogens with one attached hydrogen (secondary N) is 7. The van der Waals surface area contributed by atoms with E-state index in [9.17, 15) is 43.2 Å². The molecule has 0 radical (unpaired) electrons. The second kappa shape index (κ2) is 25.5. The van der Waals surface area contributed by atoms with Crippen molar-refractivity contribution in [3.05, 3.63) is 54.1 Å². The quantitative estimate of drug-likeness (QED) is 0.0281. The van der Waals surface area contributed by atoms with Gasteiger partial charge in [0.05, 0.1) is 12.7 Å². The maximum Gasteiger partial charge on any atom is 0.245 e. The molecule has 4 rings (SSSR count). The van der Waals surface area contributed by atoms with Crippen LogP contribution in [0.25, 0.3) is 0 Å². The molecule has 23 nitrogen and oxygen atoms in total. The SMILES string of the molecule is CC(C)CC(NC(=O)C(Cc1cnc[nH]1)NC(=O)C(Cc1ccccc1)NC(=O)C(CC(N)=O)NC(=O)C1CCC(=O)N1)C(=O)NC(CCCN=C(N)N)C(=O)N1CCCC1C(N)=O.Cl. The van der Waals surface area contributed by atoms with E-state index in [2.05, 4.69) is 46.9 Å². The zero-order valence-corrected chi connectivity index (χ0v) is 37.2. The number of hydrogen-bond acceptors (Lipinski definition) is 11. The Morgan fingerprint density at radius 3 is 2.00 bits per heavy atom. The Bertz CT molecular complexity index is 2020.